The molecule has 0 spiro atoms. The maximum atomic E-state index is 12.0. The largest absolute Gasteiger partial charge is 0.297 e. The van der Waals surface area contributed by atoms with E-state index in [2.05, 4.69) is 5.10 Å². The second-order valence-electron chi connectivity index (χ2n) is 5.48. The van der Waals surface area contributed by atoms with Gasteiger partial charge in [0, 0.05) is 22.9 Å². The number of non-ortho nitro benzene ring substituents is 1. The fraction of sp³-hybridized carbons (Fsp3) is 0.385. The second-order valence-corrected chi connectivity index (χ2v) is 5.48. The van der Waals surface area contributed by atoms with Gasteiger partial charge in [0.05, 0.1) is 16.6 Å². The maximum Gasteiger partial charge on any atom is 0.271 e. The Bertz CT molecular complexity index is 653. The molecule has 0 bridgehead atoms. The van der Waals surface area contributed by atoms with Crippen molar-refractivity contribution in [1.29, 1.82) is 0 Å². The lowest BCUT2D eigenvalue weighted by atomic mass is 9.91. The molecular formula is C13H15N3O3. The first-order chi connectivity index (χ1) is 8.79. The number of Topliss-reactive ketones (excluding diaryl/α,β-unsaturated/α-hetero) is 1. The molecule has 0 N–H and O–H groups in total. The highest BCUT2D eigenvalue weighted by Crippen LogP contribution is 2.22. The molecule has 100 valence electrons. The van der Waals surface area contributed by atoms with Gasteiger partial charge in [-0.15, -0.1) is 0 Å². The molecule has 1 aromatic heterocycles. The lowest BCUT2D eigenvalue weighted by molar-refractivity contribution is -0.384. The summed E-state index contributed by atoms with van der Waals surface area (Å²) in [4.78, 5) is 22.3. The van der Waals surface area contributed by atoms with E-state index in [4.69, 9.17) is 0 Å². The maximum absolute atomic E-state index is 12.0. The Morgan fingerprint density at radius 3 is 2.68 bits per heavy atom. The third-order valence-corrected chi connectivity index (χ3v) is 2.97. The summed E-state index contributed by atoms with van der Waals surface area (Å²) >= 11 is 0. The van der Waals surface area contributed by atoms with Gasteiger partial charge in [-0.1, -0.05) is 20.8 Å². The van der Waals surface area contributed by atoms with Gasteiger partial charge in [-0.05, 0) is 6.07 Å². The van der Waals surface area contributed by atoms with E-state index in [0.717, 1.165) is 5.39 Å². The number of nitro groups is 1. The zero-order valence-electron chi connectivity index (χ0n) is 11.1. The molecule has 0 fully saturated rings. The van der Waals surface area contributed by atoms with E-state index < -0.39 is 10.3 Å². The standard InChI is InChI=1S/C13H15N3O3/c1-13(2,3)12(17)8-15-11-6-10(16(18)19)5-4-9(11)7-14-15/h4-7H,8H2,1-3H3. The van der Waals surface area contributed by atoms with Crippen LogP contribution in [0.4, 0.5) is 5.69 Å². The molecule has 2 rings (SSSR count). The third-order valence-electron chi connectivity index (χ3n) is 2.97. The minimum Gasteiger partial charge on any atom is -0.297 e. The molecule has 0 saturated heterocycles. The van der Waals surface area contributed by atoms with Gasteiger partial charge in [0.1, 0.15) is 6.54 Å². The minimum atomic E-state index is -0.459. The van der Waals surface area contributed by atoms with E-state index in [-0.39, 0.29) is 18.0 Å². The van der Waals surface area contributed by atoms with E-state index in [0.29, 0.717) is 5.52 Å². The normalized spacial score (nSPS) is 11.7. The van der Waals surface area contributed by atoms with Crippen molar-refractivity contribution in [3.63, 3.8) is 0 Å². The van der Waals surface area contributed by atoms with Crippen molar-refractivity contribution >= 4 is 22.4 Å². The summed E-state index contributed by atoms with van der Waals surface area (Å²) in [6.45, 7) is 5.63. The molecule has 1 heterocycles. The number of carbonyl (C=O) groups is 1. The van der Waals surface area contributed by atoms with Crippen LogP contribution in [0.15, 0.2) is 24.4 Å². The van der Waals surface area contributed by atoms with Crippen LogP contribution >= 0.6 is 0 Å². The van der Waals surface area contributed by atoms with E-state index >= 15 is 0 Å². The van der Waals surface area contributed by atoms with Crippen LogP contribution in [-0.4, -0.2) is 20.5 Å². The van der Waals surface area contributed by atoms with Gasteiger partial charge < -0.3 is 0 Å². The smallest absolute Gasteiger partial charge is 0.271 e. The minimum absolute atomic E-state index is 0.00235. The van der Waals surface area contributed by atoms with Crippen LogP contribution in [0.1, 0.15) is 20.8 Å². The molecule has 0 saturated carbocycles. The number of carbonyl (C=O) groups excluding carboxylic acids is 1. The first-order valence-electron chi connectivity index (χ1n) is 5.92. The van der Waals surface area contributed by atoms with Crippen molar-refractivity contribution in [3.8, 4) is 0 Å². The summed E-state index contributed by atoms with van der Waals surface area (Å²) in [5.74, 6) is 0.0315. The summed E-state index contributed by atoms with van der Waals surface area (Å²) in [6, 6.07) is 4.51. The van der Waals surface area contributed by atoms with Gasteiger partial charge in [0.25, 0.3) is 5.69 Å². The molecule has 0 aliphatic carbocycles. The molecule has 1 aromatic carbocycles. The van der Waals surface area contributed by atoms with Crippen molar-refractivity contribution in [2.24, 2.45) is 5.41 Å². The van der Waals surface area contributed by atoms with E-state index in [9.17, 15) is 14.9 Å². The lowest BCUT2D eigenvalue weighted by Crippen LogP contribution is -2.25. The molecule has 0 atom stereocenters. The Morgan fingerprint density at radius 2 is 2.11 bits per heavy atom. The molecule has 0 unspecified atom stereocenters. The molecule has 0 aliphatic heterocycles. The van der Waals surface area contributed by atoms with Gasteiger partial charge >= 0.3 is 0 Å². The molecule has 2 aromatic rings. The summed E-state index contributed by atoms with van der Waals surface area (Å²) in [6.07, 6.45) is 1.61. The average Bonchev–Trinajstić information content (AvgIpc) is 2.70. The zero-order valence-corrected chi connectivity index (χ0v) is 11.1. The van der Waals surface area contributed by atoms with Crippen LogP contribution < -0.4 is 0 Å². The summed E-state index contributed by atoms with van der Waals surface area (Å²) in [5.41, 5.74) is 0.142. The SMILES string of the molecule is CC(C)(C)C(=O)Cn1ncc2ccc([N+](=O)[O-])cc21. The van der Waals surface area contributed by atoms with Gasteiger partial charge in [-0.3, -0.25) is 19.6 Å². The highest BCUT2D eigenvalue weighted by atomic mass is 16.6. The van der Waals surface area contributed by atoms with Crippen LogP contribution in [0.3, 0.4) is 0 Å². The Balaban J connectivity index is 2.41. The van der Waals surface area contributed by atoms with Crippen molar-refractivity contribution in [2.75, 3.05) is 0 Å². The Morgan fingerprint density at radius 1 is 1.42 bits per heavy atom. The topological polar surface area (TPSA) is 78.0 Å². The Labute approximate surface area is 110 Å². The van der Waals surface area contributed by atoms with E-state index in [1.807, 2.05) is 20.8 Å². The van der Waals surface area contributed by atoms with E-state index in [1.54, 1.807) is 12.3 Å². The number of aromatic nitrogens is 2. The van der Waals surface area contributed by atoms with Crippen LogP contribution in [0, 0.1) is 15.5 Å². The molecule has 0 amide bonds. The van der Waals surface area contributed by atoms with Crippen LogP contribution in [0.5, 0.6) is 0 Å². The summed E-state index contributed by atoms with van der Waals surface area (Å²) in [7, 11) is 0. The van der Waals surface area contributed by atoms with Gasteiger partial charge in [-0.2, -0.15) is 5.10 Å². The van der Waals surface area contributed by atoms with Gasteiger partial charge in [-0.25, -0.2) is 0 Å². The van der Waals surface area contributed by atoms with Crippen molar-refractivity contribution in [3.05, 3.63) is 34.5 Å². The number of nitro benzene ring substituents is 1. The van der Waals surface area contributed by atoms with Crippen molar-refractivity contribution < 1.29 is 9.72 Å². The number of hydrogen-bond acceptors (Lipinski definition) is 4. The van der Waals surface area contributed by atoms with Crippen LogP contribution in [-0.2, 0) is 11.3 Å². The lowest BCUT2D eigenvalue weighted by Gasteiger charge is -2.16. The van der Waals surface area contributed by atoms with E-state index in [1.165, 1.54) is 16.8 Å². The predicted molar refractivity (Wildman–Crippen MR) is 70.8 cm³/mol. The number of benzene rings is 1. The summed E-state index contributed by atoms with van der Waals surface area (Å²) in [5, 5.41) is 15.7. The molecule has 0 radical (unpaired) electrons. The zero-order chi connectivity index (χ0) is 14.2. The average molecular weight is 261 g/mol. The van der Waals surface area contributed by atoms with Crippen molar-refractivity contribution in [1.82, 2.24) is 9.78 Å². The van der Waals surface area contributed by atoms with Gasteiger partial charge in [0.2, 0.25) is 0 Å². The predicted octanol–water partition coefficient (Wildman–Crippen LogP) is 2.56. The fourth-order valence-electron chi connectivity index (χ4n) is 1.67. The highest BCUT2D eigenvalue weighted by molar-refractivity contribution is 5.86. The number of rotatable bonds is 3. The van der Waals surface area contributed by atoms with Crippen molar-refractivity contribution in [2.45, 2.75) is 27.3 Å². The quantitative estimate of drug-likeness (QED) is 0.628. The molecule has 6 heteroatoms. The first kappa shape index (κ1) is 13.2. The molecule has 19 heavy (non-hydrogen) atoms. The summed E-state index contributed by atoms with van der Waals surface area (Å²) < 4.78 is 1.51. The number of fused-ring (bicyclic) bond motifs is 1. The number of nitrogens with zero attached hydrogens (tertiary/aromatic N) is 3. The van der Waals surface area contributed by atoms with Gasteiger partial charge in [0.15, 0.2) is 5.78 Å². The number of ketones is 1. The molecule has 0 aliphatic rings. The first-order valence-corrected chi connectivity index (χ1v) is 5.92. The fourth-order valence-corrected chi connectivity index (χ4v) is 1.67. The Hall–Kier alpha value is -2.24. The highest BCUT2D eigenvalue weighted by Gasteiger charge is 2.22. The van der Waals surface area contributed by atoms with Crippen LogP contribution in [0.25, 0.3) is 10.9 Å². The molecule has 6 nitrogen and oxygen atoms in total. The second kappa shape index (κ2) is 4.46. The van der Waals surface area contributed by atoms with Crippen LogP contribution in [0.2, 0.25) is 0 Å². The monoisotopic (exact) mass is 261 g/mol. The Kier molecular flexibility index (Phi) is 3.09. The number of hydrogen-bond donors (Lipinski definition) is 0. The molecular weight excluding hydrogens is 246 g/mol. The third kappa shape index (κ3) is 2.62.